The van der Waals surface area contributed by atoms with Crippen LogP contribution in [-0.4, -0.2) is 95.9 Å². The van der Waals surface area contributed by atoms with Gasteiger partial charge in [0.1, 0.15) is 23.9 Å². The van der Waals surface area contributed by atoms with Crippen molar-refractivity contribution in [2.75, 3.05) is 26.2 Å². The first kappa shape index (κ1) is 35.6. The third kappa shape index (κ3) is 11.9. The molecule has 0 radical (unpaired) electrons. The van der Waals surface area contributed by atoms with Crippen LogP contribution in [0.4, 0.5) is 0 Å². The zero-order chi connectivity index (χ0) is 32.6. The van der Waals surface area contributed by atoms with Gasteiger partial charge in [-0.3, -0.25) is 29.2 Å². The maximum Gasteiger partial charge on any atom is 0.245 e. The molecule has 0 bridgehead atoms. The van der Waals surface area contributed by atoms with Crippen LogP contribution in [0.2, 0.25) is 0 Å². The SMILES string of the molecule is CCNC(=O)C(Cc1ccc(O)cc1)NC(=O)C1CCCN1C(=O)C(CCCN=C(N)N)NC(=O)C(N)CCCN=C(N)N. The Balaban J connectivity index is 2.16. The molecule has 1 aliphatic heterocycles. The molecule has 1 saturated heterocycles. The standard InChI is InChI=1S/C28H47N11O5/c1-2-34-24(42)21(16-17-9-11-18(40)12-10-17)38-25(43)22-8-5-15-39(22)26(44)20(7-4-14-36-28(32)33)37-23(41)19(29)6-3-13-35-27(30)31/h9-12,19-22,40H,2-8,13-16,29H2,1H3,(H,34,42)(H,37,41)(H,38,43)(H4,30,31,35)(H4,32,33,36). The van der Waals surface area contributed by atoms with Crippen molar-refractivity contribution in [2.24, 2.45) is 38.7 Å². The number of hydrogen-bond donors (Lipinski definition) is 9. The average Bonchev–Trinajstić information content (AvgIpc) is 3.47. The lowest BCUT2D eigenvalue weighted by atomic mass is 10.0. The Morgan fingerprint density at radius 1 is 0.932 bits per heavy atom. The number of phenols is 1. The largest absolute Gasteiger partial charge is 0.508 e. The van der Waals surface area contributed by atoms with Crippen molar-refractivity contribution in [1.29, 1.82) is 0 Å². The van der Waals surface area contributed by atoms with Crippen LogP contribution in [0.5, 0.6) is 5.75 Å². The van der Waals surface area contributed by atoms with Gasteiger partial charge < -0.3 is 54.6 Å². The summed E-state index contributed by atoms with van der Waals surface area (Å²) in [5.74, 6) is -1.89. The quantitative estimate of drug-likeness (QED) is 0.0501. The zero-order valence-corrected chi connectivity index (χ0v) is 25.2. The third-order valence-corrected chi connectivity index (χ3v) is 7.06. The molecule has 0 saturated carbocycles. The van der Waals surface area contributed by atoms with Gasteiger partial charge in [-0.1, -0.05) is 12.1 Å². The first-order valence-corrected chi connectivity index (χ1v) is 14.8. The van der Waals surface area contributed by atoms with Crippen molar-refractivity contribution < 1.29 is 24.3 Å². The van der Waals surface area contributed by atoms with E-state index < -0.39 is 41.9 Å². The van der Waals surface area contributed by atoms with Gasteiger partial charge in [0, 0.05) is 32.6 Å². The van der Waals surface area contributed by atoms with E-state index in [1.54, 1.807) is 19.1 Å². The molecule has 14 N–H and O–H groups in total. The summed E-state index contributed by atoms with van der Waals surface area (Å²) in [5.41, 5.74) is 28.3. The van der Waals surface area contributed by atoms with Gasteiger partial charge in [-0.05, 0) is 63.1 Å². The van der Waals surface area contributed by atoms with E-state index in [-0.39, 0.29) is 49.4 Å². The number of aromatic hydroxyl groups is 1. The Bertz CT molecular complexity index is 1170. The number of likely N-dealkylation sites (tertiary alicyclic amines) is 1. The molecular formula is C28H47N11O5. The van der Waals surface area contributed by atoms with E-state index in [9.17, 15) is 24.3 Å². The van der Waals surface area contributed by atoms with Gasteiger partial charge in [-0.2, -0.15) is 0 Å². The second kappa shape index (κ2) is 18.1. The number of carbonyl (C=O) groups is 4. The summed E-state index contributed by atoms with van der Waals surface area (Å²) in [6.07, 6.45) is 2.46. The lowest BCUT2D eigenvalue weighted by Gasteiger charge is -2.30. The molecule has 4 unspecified atom stereocenters. The molecule has 4 atom stereocenters. The van der Waals surface area contributed by atoms with E-state index in [4.69, 9.17) is 28.7 Å². The molecule has 1 aromatic rings. The number of guanidine groups is 2. The molecule has 16 heteroatoms. The maximum atomic E-state index is 13.8. The number of carbonyl (C=O) groups excluding carboxylic acids is 4. The molecule has 1 heterocycles. The highest BCUT2D eigenvalue weighted by Crippen LogP contribution is 2.21. The number of amides is 4. The molecule has 2 rings (SSSR count). The van der Waals surface area contributed by atoms with Crippen LogP contribution in [-0.2, 0) is 25.6 Å². The zero-order valence-electron chi connectivity index (χ0n) is 25.2. The topological polar surface area (TPSA) is 283 Å². The molecule has 44 heavy (non-hydrogen) atoms. The number of nitrogens with two attached hydrogens (primary N) is 5. The van der Waals surface area contributed by atoms with Crippen molar-refractivity contribution in [1.82, 2.24) is 20.9 Å². The summed E-state index contributed by atoms with van der Waals surface area (Å²) in [6, 6.07) is 2.70. The van der Waals surface area contributed by atoms with E-state index in [2.05, 4.69) is 25.9 Å². The summed E-state index contributed by atoms with van der Waals surface area (Å²) in [4.78, 5) is 62.3. The number of aliphatic imine (C=N–C) groups is 2. The van der Waals surface area contributed by atoms with Crippen LogP contribution in [0, 0.1) is 0 Å². The molecule has 0 aliphatic carbocycles. The average molecular weight is 618 g/mol. The first-order valence-electron chi connectivity index (χ1n) is 14.8. The predicted molar refractivity (Wildman–Crippen MR) is 167 cm³/mol. The summed E-state index contributed by atoms with van der Waals surface area (Å²) in [6.45, 7) is 2.98. The van der Waals surface area contributed by atoms with E-state index in [1.807, 2.05) is 0 Å². The highest BCUT2D eigenvalue weighted by atomic mass is 16.3. The van der Waals surface area contributed by atoms with E-state index in [0.717, 1.165) is 5.56 Å². The minimum atomic E-state index is -0.981. The first-order chi connectivity index (χ1) is 20.9. The number of phenolic OH excluding ortho intramolecular Hbond substituents is 1. The van der Waals surface area contributed by atoms with Gasteiger partial charge in [0.25, 0.3) is 0 Å². The molecule has 244 valence electrons. The normalized spacial score (nSPS) is 16.2. The van der Waals surface area contributed by atoms with Gasteiger partial charge in [0.2, 0.25) is 23.6 Å². The van der Waals surface area contributed by atoms with E-state index >= 15 is 0 Å². The number of likely N-dealkylation sites (N-methyl/N-ethyl adjacent to an activating group) is 1. The molecule has 1 fully saturated rings. The molecule has 16 nitrogen and oxygen atoms in total. The second-order valence-electron chi connectivity index (χ2n) is 10.6. The summed E-state index contributed by atoms with van der Waals surface area (Å²) in [5, 5.41) is 17.9. The van der Waals surface area contributed by atoms with Crippen LogP contribution >= 0.6 is 0 Å². The van der Waals surface area contributed by atoms with Gasteiger partial charge in [-0.15, -0.1) is 0 Å². The number of nitrogens with zero attached hydrogens (tertiary/aromatic N) is 3. The second-order valence-corrected chi connectivity index (χ2v) is 10.6. The monoisotopic (exact) mass is 617 g/mol. The highest BCUT2D eigenvalue weighted by molar-refractivity contribution is 5.95. The van der Waals surface area contributed by atoms with Gasteiger partial charge in [0.05, 0.1) is 6.04 Å². The molecule has 0 spiro atoms. The highest BCUT2D eigenvalue weighted by Gasteiger charge is 2.39. The van der Waals surface area contributed by atoms with Crippen molar-refractivity contribution >= 4 is 35.5 Å². The van der Waals surface area contributed by atoms with Crippen LogP contribution < -0.4 is 44.6 Å². The minimum Gasteiger partial charge on any atom is -0.508 e. The van der Waals surface area contributed by atoms with Crippen molar-refractivity contribution in [3.8, 4) is 5.75 Å². The molecule has 1 aromatic carbocycles. The fourth-order valence-electron chi connectivity index (χ4n) is 4.84. The number of nitrogens with one attached hydrogen (secondary N) is 3. The van der Waals surface area contributed by atoms with Crippen molar-refractivity contribution in [3.63, 3.8) is 0 Å². The van der Waals surface area contributed by atoms with E-state index in [1.165, 1.54) is 17.0 Å². The van der Waals surface area contributed by atoms with Crippen LogP contribution in [0.15, 0.2) is 34.3 Å². The summed E-state index contributed by atoms with van der Waals surface area (Å²) in [7, 11) is 0. The van der Waals surface area contributed by atoms with Crippen LogP contribution in [0.3, 0.4) is 0 Å². The number of hydrogen-bond acceptors (Lipinski definition) is 8. The Labute approximate surface area is 257 Å². The van der Waals surface area contributed by atoms with E-state index in [0.29, 0.717) is 45.3 Å². The summed E-state index contributed by atoms with van der Waals surface area (Å²) >= 11 is 0. The van der Waals surface area contributed by atoms with Crippen LogP contribution in [0.25, 0.3) is 0 Å². The minimum absolute atomic E-state index is 0.0590. The van der Waals surface area contributed by atoms with Crippen molar-refractivity contribution in [2.45, 2.75) is 76.0 Å². The van der Waals surface area contributed by atoms with Gasteiger partial charge in [-0.25, -0.2) is 0 Å². The molecule has 1 aliphatic rings. The fourth-order valence-corrected chi connectivity index (χ4v) is 4.84. The maximum absolute atomic E-state index is 13.8. The Morgan fingerprint density at radius 2 is 1.55 bits per heavy atom. The predicted octanol–water partition coefficient (Wildman–Crippen LogP) is -2.53. The lowest BCUT2D eigenvalue weighted by molar-refractivity contribution is -0.142. The molecular weight excluding hydrogens is 570 g/mol. The molecule has 4 amide bonds. The smallest absolute Gasteiger partial charge is 0.245 e. The lowest BCUT2D eigenvalue weighted by Crippen LogP contribution is -2.57. The Hall–Kier alpha value is -4.60. The van der Waals surface area contributed by atoms with Crippen molar-refractivity contribution in [3.05, 3.63) is 29.8 Å². The third-order valence-electron chi connectivity index (χ3n) is 7.06. The number of rotatable bonds is 17. The fraction of sp³-hybridized carbons (Fsp3) is 0.571. The van der Waals surface area contributed by atoms with Gasteiger partial charge >= 0.3 is 0 Å². The Morgan fingerprint density at radius 3 is 2.14 bits per heavy atom. The molecule has 0 aromatic heterocycles. The Kier molecular flexibility index (Phi) is 14.7. The summed E-state index contributed by atoms with van der Waals surface area (Å²) < 4.78 is 0. The number of benzene rings is 1. The van der Waals surface area contributed by atoms with Crippen LogP contribution in [0.1, 0.15) is 51.0 Å². The van der Waals surface area contributed by atoms with Gasteiger partial charge in [0.15, 0.2) is 11.9 Å².